The standard InChI is InChI=1S/C18H30O3/c1-8-14(19)21-15(16(2,3)4)20-13-11-12-9-10-18(13,7)17(12,5)6/h8,12-13,15H,1,9-11H2,2-7H3. The first-order valence-electron chi connectivity index (χ1n) is 8.01. The molecule has 0 spiro atoms. The number of carbonyl (C=O) groups excluding carboxylic acids is 1. The Bertz CT molecular complexity index is 432. The molecule has 3 nitrogen and oxygen atoms in total. The lowest BCUT2D eigenvalue weighted by Crippen LogP contribution is -2.43. The Hall–Kier alpha value is -0.830. The number of hydrogen-bond acceptors (Lipinski definition) is 3. The number of carbonyl (C=O) groups is 1. The Balaban J connectivity index is 2.15. The molecule has 4 unspecified atom stereocenters. The Kier molecular flexibility index (Phi) is 4.03. The Morgan fingerprint density at radius 2 is 1.95 bits per heavy atom. The van der Waals surface area contributed by atoms with E-state index in [2.05, 4.69) is 27.4 Å². The van der Waals surface area contributed by atoms with Gasteiger partial charge >= 0.3 is 5.97 Å². The smallest absolute Gasteiger partial charge is 0.332 e. The van der Waals surface area contributed by atoms with Gasteiger partial charge < -0.3 is 9.47 Å². The molecule has 2 aliphatic rings. The van der Waals surface area contributed by atoms with Crippen LogP contribution in [0.5, 0.6) is 0 Å². The van der Waals surface area contributed by atoms with Gasteiger partial charge in [0.1, 0.15) is 0 Å². The first-order valence-corrected chi connectivity index (χ1v) is 8.01. The largest absolute Gasteiger partial charge is 0.432 e. The third-order valence-corrected chi connectivity index (χ3v) is 6.10. The molecule has 2 bridgehead atoms. The van der Waals surface area contributed by atoms with Crippen molar-refractivity contribution in [3.05, 3.63) is 12.7 Å². The third-order valence-electron chi connectivity index (χ3n) is 6.10. The molecule has 0 aromatic carbocycles. The molecule has 0 aromatic heterocycles. The number of hydrogen-bond donors (Lipinski definition) is 0. The molecule has 2 saturated carbocycles. The van der Waals surface area contributed by atoms with Crippen LogP contribution in [0.2, 0.25) is 0 Å². The highest BCUT2D eigenvalue weighted by molar-refractivity contribution is 5.81. The molecule has 120 valence electrons. The first-order chi connectivity index (χ1) is 9.52. The quantitative estimate of drug-likeness (QED) is 0.440. The van der Waals surface area contributed by atoms with Crippen LogP contribution >= 0.6 is 0 Å². The second-order valence-electron chi connectivity index (χ2n) is 8.57. The van der Waals surface area contributed by atoms with Gasteiger partial charge in [0.15, 0.2) is 0 Å². The summed E-state index contributed by atoms with van der Waals surface area (Å²) in [6.45, 7) is 16.6. The Morgan fingerprint density at radius 3 is 2.33 bits per heavy atom. The maximum Gasteiger partial charge on any atom is 0.332 e. The van der Waals surface area contributed by atoms with Gasteiger partial charge in [0.2, 0.25) is 6.29 Å². The van der Waals surface area contributed by atoms with Crippen molar-refractivity contribution in [2.75, 3.05) is 0 Å². The summed E-state index contributed by atoms with van der Waals surface area (Å²) in [6.07, 6.45) is 4.39. The van der Waals surface area contributed by atoms with Crippen molar-refractivity contribution >= 4 is 5.97 Å². The molecule has 0 radical (unpaired) electrons. The lowest BCUT2D eigenvalue weighted by molar-refractivity contribution is -0.231. The first kappa shape index (κ1) is 16.5. The number of esters is 1. The zero-order chi connectivity index (χ0) is 16.1. The molecule has 0 aliphatic heterocycles. The molecule has 2 fully saturated rings. The maximum atomic E-state index is 11.6. The van der Waals surface area contributed by atoms with E-state index in [1.54, 1.807) is 0 Å². The average Bonchev–Trinajstić information content (AvgIpc) is 2.69. The van der Waals surface area contributed by atoms with Gasteiger partial charge in [-0.3, -0.25) is 0 Å². The molecule has 0 aromatic rings. The van der Waals surface area contributed by atoms with Crippen LogP contribution in [0.15, 0.2) is 12.7 Å². The zero-order valence-electron chi connectivity index (χ0n) is 14.4. The highest BCUT2D eigenvalue weighted by atomic mass is 16.7. The van der Waals surface area contributed by atoms with E-state index in [1.165, 1.54) is 18.9 Å². The number of rotatable bonds is 4. The van der Waals surface area contributed by atoms with Crippen LogP contribution in [-0.4, -0.2) is 18.4 Å². The SMILES string of the molecule is C=CC(=O)OC(OC1CC2CCC1(C)C2(C)C)C(C)(C)C. The summed E-state index contributed by atoms with van der Waals surface area (Å²) in [6, 6.07) is 0. The lowest BCUT2D eigenvalue weighted by atomic mass is 9.70. The topological polar surface area (TPSA) is 35.5 Å². The van der Waals surface area contributed by atoms with Gasteiger partial charge in [-0.05, 0) is 36.0 Å². The van der Waals surface area contributed by atoms with Crippen LogP contribution < -0.4 is 0 Å². The van der Waals surface area contributed by atoms with Crippen molar-refractivity contribution in [2.45, 2.75) is 73.2 Å². The fourth-order valence-electron chi connectivity index (χ4n) is 4.05. The minimum Gasteiger partial charge on any atom is -0.432 e. The summed E-state index contributed by atoms with van der Waals surface area (Å²) in [4.78, 5) is 11.6. The van der Waals surface area contributed by atoms with E-state index in [-0.39, 0.29) is 16.9 Å². The predicted molar refractivity (Wildman–Crippen MR) is 83.6 cm³/mol. The molecule has 0 amide bonds. The minimum absolute atomic E-state index is 0.160. The van der Waals surface area contributed by atoms with Crippen LogP contribution in [0.1, 0.15) is 60.8 Å². The molecule has 0 N–H and O–H groups in total. The van der Waals surface area contributed by atoms with Gasteiger partial charge in [-0.2, -0.15) is 0 Å². The van der Waals surface area contributed by atoms with Gasteiger partial charge in [-0.1, -0.05) is 48.1 Å². The van der Waals surface area contributed by atoms with E-state index in [9.17, 15) is 4.79 Å². The van der Waals surface area contributed by atoms with E-state index in [0.29, 0.717) is 11.3 Å². The van der Waals surface area contributed by atoms with E-state index < -0.39 is 12.3 Å². The summed E-state index contributed by atoms with van der Waals surface area (Å²) in [5, 5.41) is 0. The van der Waals surface area contributed by atoms with Crippen molar-refractivity contribution in [3.8, 4) is 0 Å². The molecule has 3 heteroatoms. The molecular weight excluding hydrogens is 264 g/mol. The third kappa shape index (κ3) is 2.65. The van der Waals surface area contributed by atoms with Crippen LogP contribution in [0.25, 0.3) is 0 Å². The van der Waals surface area contributed by atoms with E-state index in [0.717, 1.165) is 6.42 Å². The van der Waals surface area contributed by atoms with E-state index in [4.69, 9.17) is 9.47 Å². The van der Waals surface area contributed by atoms with Gasteiger partial charge in [0.05, 0.1) is 6.10 Å². The summed E-state index contributed by atoms with van der Waals surface area (Å²) in [5.41, 5.74) is 0.214. The van der Waals surface area contributed by atoms with Crippen molar-refractivity contribution in [2.24, 2.45) is 22.2 Å². The van der Waals surface area contributed by atoms with Gasteiger partial charge in [-0.15, -0.1) is 0 Å². The van der Waals surface area contributed by atoms with Crippen molar-refractivity contribution < 1.29 is 14.3 Å². The lowest BCUT2D eigenvalue weighted by Gasteiger charge is -2.42. The molecule has 2 rings (SSSR count). The van der Waals surface area contributed by atoms with Gasteiger partial charge in [0, 0.05) is 11.5 Å². The highest BCUT2D eigenvalue weighted by Crippen LogP contribution is 2.66. The fourth-order valence-corrected chi connectivity index (χ4v) is 4.05. The summed E-state index contributed by atoms with van der Waals surface area (Å²) >= 11 is 0. The van der Waals surface area contributed by atoms with Crippen molar-refractivity contribution in [1.82, 2.24) is 0 Å². The summed E-state index contributed by atoms with van der Waals surface area (Å²) in [5.74, 6) is 0.297. The second kappa shape index (κ2) is 5.12. The molecule has 21 heavy (non-hydrogen) atoms. The van der Waals surface area contributed by atoms with Crippen LogP contribution in [0.4, 0.5) is 0 Å². The molecular formula is C18H30O3. The fraction of sp³-hybridized carbons (Fsp3) is 0.833. The van der Waals surface area contributed by atoms with Crippen LogP contribution in [0.3, 0.4) is 0 Å². The second-order valence-corrected chi connectivity index (χ2v) is 8.57. The van der Waals surface area contributed by atoms with E-state index >= 15 is 0 Å². The van der Waals surface area contributed by atoms with Crippen molar-refractivity contribution in [1.29, 1.82) is 0 Å². The Morgan fingerprint density at radius 1 is 1.33 bits per heavy atom. The summed E-state index contributed by atoms with van der Waals surface area (Å²) in [7, 11) is 0. The average molecular weight is 294 g/mol. The maximum absolute atomic E-state index is 11.6. The van der Waals surface area contributed by atoms with Crippen molar-refractivity contribution in [3.63, 3.8) is 0 Å². The normalized spacial score (nSPS) is 35.5. The molecule has 0 heterocycles. The van der Waals surface area contributed by atoms with Gasteiger partial charge in [-0.25, -0.2) is 4.79 Å². The predicted octanol–water partition coefficient (Wildman–Crippen LogP) is 4.32. The zero-order valence-corrected chi connectivity index (χ0v) is 14.4. The van der Waals surface area contributed by atoms with E-state index in [1.807, 2.05) is 20.8 Å². The van der Waals surface area contributed by atoms with Crippen LogP contribution in [0, 0.1) is 22.2 Å². The number of fused-ring (bicyclic) bond motifs is 2. The monoisotopic (exact) mass is 294 g/mol. The van der Waals surface area contributed by atoms with Gasteiger partial charge in [0.25, 0.3) is 0 Å². The summed E-state index contributed by atoms with van der Waals surface area (Å²) < 4.78 is 11.8. The van der Waals surface area contributed by atoms with Crippen LogP contribution in [-0.2, 0) is 14.3 Å². The molecule has 0 saturated heterocycles. The Labute approximate surface area is 129 Å². The minimum atomic E-state index is -0.528. The molecule has 2 aliphatic carbocycles. The molecule has 4 atom stereocenters. The highest BCUT2D eigenvalue weighted by Gasteiger charge is 2.62. The number of ether oxygens (including phenoxy) is 2.